The predicted octanol–water partition coefficient (Wildman–Crippen LogP) is 1.97. The Hall–Kier alpha value is -2.50. The van der Waals surface area contributed by atoms with Crippen molar-refractivity contribution < 1.29 is 4.79 Å². The Morgan fingerprint density at radius 1 is 1.26 bits per heavy atom. The summed E-state index contributed by atoms with van der Waals surface area (Å²) in [4.78, 5) is 27.2. The molecule has 0 bridgehead atoms. The van der Waals surface area contributed by atoms with Gasteiger partial charge in [0.1, 0.15) is 0 Å². The molecule has 3 rings (SSSR count). The number of hydrogen-bond donors (Lipinski definition) is 1. The van der Waals surface area contributed by atoms with Crippen LogP contribution in [0.3, 0.4) is 0 Å². The molecule has 0 radical (unpaired) electrons. The molecule has 0 aromatic carbocycles. The summed E-state index contributed by atoms with van der Waals surface area (Å²) in [5.74, 6) is 0.763. The lowest BCUT2D eigenvalue weighted by Crippen LogP contribution is -2.44. The summed E-state index contributed by atoms with van der Waals surface area (Å²) in [6, 6.07) is 5.63. The van der Waals surface area contributed by atoms with Crippen molar-refractivity contribution in [3.8, 4) is 0 Å². The highest BCUT2D eigenvalue weighted by Crippen LogP contribution is 2.21. The Morgan fingerprint density at radius 3 is 2.74 bits per heavy atom. The smallest absolute Gasteiger partial charge is 0.225 e. The molecule has 6 nitrogen and oxygen atoms in total. The maximum Gasteiger partial charge on any atom is 0.225 e. The molecule has 2 unspecified atom stereocenters. The van der Waals surface area contributed by atoms with Crippen LogP contribution in [0.4, 0.5) is 5.95 Å². The van der Waals surface area contributed by atoms with Gasteiger partial charge in [0, 0.05) is 37.9 Å². The SMILES string of the molecule is CC(NC(=O)C1CCCN(c2ncccn2)C1)c1ccncc1. The monoisotopic (exact) mass is 311 g/mol. The van der Waals surface area contributed by atoms with Gasteiger partial charge >= 0.3 is 0 Å². The lowest BCUT2D eigenvalue weighted by molar-refractivity contribution is -0.125. The first-order valence-electron chi connectivity index (χ1n) is 7.96. The van der Waals surface area contributed by atoms with Gasteiger partial charge in [0.05, 0.1) is 12.0 Å². The fraction of sp³-hybridized carbons (Fsp3) is 0.412. The summed E-state index contributed by atoms with van der Waals surface area (Å²) in [6.45, 7) is 3.56. The highest BCUT2D eigenvalue weighted by Gasteiger charge is 2.27. The number of nitrogens with zero attached hydrogens (tertiary/aromatic N) is 4. The third-order valence-corrected chi connectivity index (χ3v) is 4.19. The average Bonchev–Trinajstić information content (AvgIpc) is 2.63. The molecule has 1 amide bonds. The van der Waals surface area contributed by atoms with E-state index >= 15 is 0 Å². The molecule has 1 aliphatic rings. The van der Waals surface area contributed by atoms with Crippen LogP contribution in [0, 0.1) is 5.92 Å². The van der Waals surface area contributed by atoms with E-state index in [0.29, 0.717) is 12.5 Å². The Morgan fingerprint density at radius 2 is 2.00 bits per heavy atom. The Labute approximate surface area is 136 Å². The lowest BCUT2D eigenvalue weighted by Gasteiger charge is -2.32. The topological polar surface area (TPSA) is 71.0 Å². The normalized spacial score (nSPS) is 19.2. The summed E-state index contributed by atoms with van der Waals surface area (Å²) in [5.41, 5.74) is 1.06. The molecular formula is C17H21N5O. The zero-order chi connectivity index (χ0) is 16.1. The Balaban J connectivity index is 1.61. The van der Waals surface area contributed by atoms with Crippen LogP contribution < -0.4 is 10.2 Å². The highest BCUT2D eigenvalue weighted by molar-refractivity contribution is 5.80. The first-order chi connectivity index (χ1) is 11.2. The second kappa shape index (κ2) is 7.17. The number of rotatable bonds is 4. The fourth-order valence-electron chi connectivity index (χ4n) is 2.89. The van der Waals surface area contributed by atoms with E-state index in [2.05, 4.69) is 25.2 Å². The van der Waals surface area contributed by atoms with Crippen molar-refractivity contribution in [3.05, 3.63) is 48.5 Å². The zero-order valence-corrected chi connectivity index (χ0v) is 13.2. The molecule has 1 N–H and O–H groups in total. The van der Waals surface area contributed by atoms with E-state index in [1.165, 1.54) is 0 Å². The summed E-state index contributed by atoms with van der Waals surface area (Å²) < 4.78 is 0. The fourth-order valence-corrected chi connectivity index (χ4v) is 2.89. The first-order valence-corrected chi connectivity index (χ1v) is 7.96. The standard InChI is InChI=1S/C17H21N5O/c1-13(14-5-9-18-10-6-14)21-16(23)15-4-2-11-22(12-15)17-19-7-3-8-20-17/h3,5-10,13,15H,2,4,11-12H2,1H3,(H,21,23). The number of amides is 1. The molecule has 23 heavy (non-hydrogen) atoms. The molecule has 120 valence electrons. The van der Waals surface area contributed by atoms with Crippen molar-refractivity contribution in [1.82, 2.24) is 20.3 Å². The molecule has 0 spiro atoms. The molecule has 1 aliphatic heterocycles. The second-order valence-corrected chi connectivity index (χ2v) is 5.84. The van der Waals surface area contributed by atoms with E-state index in [-0.39, 0.29) is 17.9 Å². The number of anilines is 1. The van der Waals surface area contributed by atoms with Crippen molar-refractivity contribution in [1.29, 1.82) is 0 Å². The summed E-state index contributed by atoms with van der Waals surface area (Å²) in [6.07, 6.45) is 8.83. The van der Waals surface area contributed by atoms with Crippen molar-refractivity contribution in [2.75, 3.05) is 18.0 Å². The summed E-state index contributed by atoms with van der Waals surface area (Å²) >= 11 is 0. The third kappa shape index (κ3) is 3.83. The van der Waals surface area contributed by atoms with Crippen molar-refractivity contribution >= 4 is 11.9 Å². The van der Waals surface area contributed by atoms with E-state index in [1.54, 1.807) is 30.9 Å². The van der Waals surface area contributed by atoms with Crippen LogP contribution >= 0.6 is 0 Å². The molecule has 0 aliphatic carbocycles. The largest absolute Gasteiger partial charge is 0.349 e. The molecule has 0 saturated carbocycles. The van der Waals surface area contributed by atoms with Gasteiger partial charge < -0.3 is 10.2 Å². The van der Waals surface area contributed by atoms with Gasteiger partial charge in [0.25, 0.3) is 0 Å². The minimum Gasteiger partial charge on any atom is -0.349 e. The second-order valence-electron chi connectivity index (χ2n) is 5.84. The van der Waals surface area contributed by atoms with Gasteiger partial charge in [0.15, 0.2) is 0 Å². The minimum absolute atomic E-state index is 0.0196. The molecule has 2 aromatic heterocycles. The van der Waals surface area contributed by atoms with E-state index in [1.807, 2.05) is 19.1 Å². The molecule has 6 heteroatoms. The van der Waals surface area contributed by atoms with Gasteiger partial charge in [-0.25, -0.2) is 9.97 Å². The number of carbonyl (C=O) groups is 1. The number of nitrogens with one attached hydrogen (secondary N) is 1. The van der Waals surface area contributed by atoms with Crippen molar-refractivity contribution in [2.24, 2.45) is 5.92 Å². The highest BCUT2D eigenvalue weighted by atomic mass is 16.2. The third-order valence-electron chi connectivity index (χ3n) is 4.19. The predicted molar refractivity (Wildman–Crippen MR) is 87.8 cm³/mol. The van der Waals surface area contributed by atoms with Crippen LogP contribution in [0.2, 0.25) is 0 Å². The van der Waals surface area contributed by atoms with Crippen LogP contribution in [-0.4, -0.2) is 33.9 Å². The summed E-state index contributed by atoms with van der Waals surface area (Å²) in [7, 11) is 0. The number of piperidine rings is 1. The van der Waals surface area contributed by atoms with Gasteiger partial charge in [0.2, 0.25) is 11.9 Å². The quantitative estimate of drug-likeness (QED) is 0.934. The van der Waals surface area contributed by atoms with E-state index in [0.717, 1.165) is 24.9 Å². The molecule has 1 saturated heterocycles. The number of pyridine rings is 1. The van der Waals surface area contributed by atoms with Gasteiger partial charge in [-0.1, -0.05) is 0 Å². The number of aromatic nitrogens is 3. The average molecular weight is 311 g/mol. The maximum absolute atomic E-state index is 12.6. The van der Waals surface area contributed by atoms with E-state index in [9.17, 15) is 4.79 Å². The molecular weight excluding hydrogens is 290 g/mol. The molecule has 2 aromatic rings. The van der Waals surface area contributed by atoms with E-state index < -0.39 is 0 Å². The first kappa shape index (κ1) is 15.4. The molecule has 3 heterocycles. The van der Waals surface area contributed by atoms with Crippen LogP contribution in [-0.2, 0) is 4.79 Å². The number of hydrogen-bond acceptors (Lipinski definition) is 5. The zero-order valence-electron chi connectivity index (χ0n) is 13.2. The van der Waals surface area contributed by atoms with Gasteiger partial charge in [-0.2, -0.15) is 0 Å². The minimum atomic E-state index is -0.0307. The molecule has 1 fully saturated rings. The van der Waals surface area contributed by atoms with Gasteiger partial charge in [-0.05, 0) is 43.5 Å². The maximum atomic E-state index is 12.6. The summed E-state index contributed by atoms with van der Waals surface area (Å²) in [5, 5.41) is 3.10. The van der Waals surface area contributed by atoms with Crippen LogP contribution in [0.25, 0.3) is 0 Å². The van der Waals surface area contributed by atoms with Gasteiger partial charge in [-0.15, -0.1) is 0 Å². The van der Waals surface area contributed by atoms with Gasteiger partial charge in [-0.3, -0.25) is 9.78 Å². The van der Waals surface area contributed by atoms with Crippen molar-refractivity contribution in [3.63, 3.8) is 0 Å². The van der Waals surface area contributed by atoms with Crippen molar-refractivity contribution in [2.45, 2.75) is 25.8 Å². The van der Waals surface area contributed by atoms with Crippen LogP contribution in [0.1, 0.15) is 31.4 Å². The van der Waals surface area contributed by atoms with Crippen LogP contribution in [0.5, 0.6) is 0 Å². The lowest BCUT2D eigenvalue weighted by atomic mass is 9.96. The van der Waals surface area contributed by atoms with Crippen LogP contribution in [0.15, 0.2) is 43.0 Å². The molecule has 2 atom stereocenters. The van der Waals surface area contributed by atoms with E-state index in [4.69, 9.17) is 0 Å². The number of carbonyl (C=O) groups excluding carboxylic acids is 1. The Bertz CT molecular complexity index is 634. The Kier molecular flexibility index (Phi) is 4.80.